The van der Waals surface area contributed by atoms with E-state index in [9.17, 15) is 0 Å². The molecule has 1 saturated carbocycles. The van der Waals surface area contributed by atoms with Crippen molar-refractivity contribution in [2.75, 3.05) is 5.73 Å². The molecule has 0 bridgehead atoms. The van der Waals surface area contributed by atoms with Crippen molar-refractivity contribution in [3.8, 4) is 16.9 Å². The standard InChI is InChI=1S/C17H20N4O/c18-15-10-21-9-14(16(15)17(19)20)11-5-7-13(8-6-11)22-12-3-1-2-4-12/h5-10,12H,1-4,18H2,(H3,19,20). The Morgan fingerprint density at radius 2 is 1.82 bits per heavy atom. The summed E-state index contributed by atoms with van der Waals surface area (Å²) in [7, 11) is 0. The molecule has 1 aliphatic carbocycles. The van der Waals surface area contributed by atoms with Gasteiger partial charge in [0.1, 0.15) is 11.6 Å². The van der Waals surface area contributed by atoms with Crippen LogP contribution >= 0.6 is 0 Å². The van der Waals surface area contributed by atoms with Crippen LogP contribution in [0.2, 0.25) is 0 Å². The fourth-order valence-corrected chi connectivity index (χ4v) is 2.91. The number of benzene rings is 1. The summed E-state index contributed by atoms with van der Waals surface area (Å²) in [6.45, 7) is 0. The summed E-state index contributed by atoms with van der Waals surface area (Å²) in [5, 5.41) is 7.70. The second-order valence-electron chi connectivity index (χ2n) is 5.61. The van der Waals surface area contributed by atoms with Crippen LogP contribution in [-0.2, 0) is 0 Å². The maximum atomic E-state index is 7.70. The van der Waals surface area contributed by atoms with Gasteiger partial charge in [0.15, 0.2) is 0 Å². The van der Waals surface area contributed by atoms with E-state index in [-0.39, 0.29) is 5.84 Å². The highest BCUT2D eigenvalue weighted by molar-refractivity contribution is 6.05. The van der Waals surface area contributed by atoms with Crippen molar-refractivity contribution in [3.63, 3.8) is 0 Å². The molecule has 0 spiro atoms. The number of pyridine rings is 1. The maximum absolute atomic E-state index is 7.70. The fraction of sp³-hybridized carbons (Fsp3) is 0.294. The molecule has 0 atom stereocenters. The number of amidine groups is 1. The van der Waals surface area contributed by atoms with Crippen LogP contribution in [0.4, 0.5) is 5.69 Å². The summed E-state index contributed by atoms with van der Waals surface area (Å²) in [5.74, 6) is 0.818. The zero-order valence-corrected chi connectivity index (χ0v) is 12.4. The highest BCUT2D eigenvalue weighted by atomic mass is 16.5. The molecule has 0 aliphatic heterocycles. The van der Waals surface area contributed by atoms with E-state index in [1.165, 1.54) is 19.0 Å². The summed E-state index contributed by atoms with van der Waals surface area (Å²) >= 11 is 0. The van der Waals surface area contributed by atoms with E-state index < -0.39 is 0 Å². The number of hydrogen-bond acceptors (Lipinski definition) is 4. The van der Waals surface area contributed by atoms with Crippen molar-refractivity contribution in [1.82, 2.24) is 4.98 Å². The molecule has 5 heteroatoms. The quantitative estimate of drug-likeness (QED) is 0.596. The Morgan fingerprint density at radius 3 is 2.45 bits per heavy atom. The van der Waals surface area contributed by atoms with Crippen LogP contribution in [0.3, 0.4) is 0 Å². The van der Waals surface area contributed by atoms with Crippen LogP contribution in [-0.4, -0.2) is 16.9 Å². The van der Waals surface area contributed by atoms with Crippen LogP contribution < -0.4 is 16.2 Å². The predicted molar refractivity (Wildman–Crippen MR) is 88.0 cm³/mol. The van der Waals surface area contributed by atoms with Gasteiger partial charge in [-0.05, 0) is 43.4 Å². The number of anilines is 1. The lowest BCUT2D eigenvalue weighted by molar-refractivity contribution is 0.210. The lowest BCUT2D eigenvalue weighted by Gasteiger charge is -2.14. The molecule has 114 valence electrons. The molecule has 5 nitrogen and oxygen atoms in total. The van der Waals surface area contributed by atoms with Crippen molar-refractivity contribution in [2.24, 2.45) is 5.73 Å². The number of ether oxygens (including phenoxy) is 1. The summed E-state index contributed by atoms with van der Waals surface area (Å²) in [6, 6.07) is 7.79. The molecule has 1 heterocycles. The highest BCUT2D eigenvalue weighted by Crippen LogP contribution is 2.29. The first-order valence-electron chi connectivity index (χ1n) is 7.50. The van der Waals surface area contributed by atoms with Crippen molar-refractivity contribution < 1.29 is 4.74 Å². The topological polar surface area (TPSA) is 98.0 Å². The van der Waals surface area contributed by atoms with Gasteiger partial charge in [0.05, 0.1) is 18.0 Å². The van der Waals surface area contributed by atoms with Crippen LogP contribution in [0, 0.1) is 5.41 Å². The molecule has 0 unspecified atom stereocenters. The zero-order valence-electron chi connectivity index (χ0n) is 12.4. The Labute approximate surface area is 129 Å². The number of aromatic nitrogens is 1. The van der Waals surface area contributed by atoms with Gasteiger partial charge in [-0.15, -0.1) is 0 Å². The second-order valence-corrected chi connectivity index (χ2v) is 5.61. The van der Waals surface area contributed by atoms with Gasteiger partial charge in [0.2, 0.25) is 0 Å². The Kier molecular flexibility index (Phi) is 3.96. The van der Waals surface area contributed by atoms with Gasteiger partial charge in [-0.1, -0.05) is 12.1 Å². The third-order valence-corrected chi connectivity index (χ3v) is 4.01. The van der Waals surface area contributed by atoms with E-state index in [4.69, 9.17) is 21.6 Å². The van der Waals surface area contributed by atoms with Crippen LogP contribution in [0.5, 0.6) is 5.75 Å². The number of hydrogen-bond donors (Lipinski definition) is 3. The Balaban J connectivity index is 1.86. The summed E-state index contributed by atoms with van der Waals surface area (Å²) in [4.78, 5) is 4.10. The number of nitrogens with one attached hydrogen (secondary N) is 1. The SMILES string of the molecule is N=C(N)c1c(N)cncc1-c1ccc(OC2CCCC2)cc1. The largest absolute Gasteiger partial charge is 0.490 e. The minimum atomic E-state index is -0.0545. The Bertz CT molecular complexity index is 676. The van der Waals surface area contributed by atoms with Gasteiger partial charge in [0.25, 0.3) is 0 Å². The molecule has 1 aliphatic rings. The molecule has 1 fully saturated rings. The van der Waals surface area contributed by atoms with Gasteiger partial charge in [-0.25, -0.2) is 0 Å². The smallest absolute Gasteiger partial charge is 0.125 e. The predicted octanol–water partition coefficient (Wildman–Crippen LogP) is 2.94. The minimum absolute atomic E-state index is 0.0545. The first kappa shape index (κ1) is 14.4. The lowest BCUT2D eigenvalue weighted by atomic mass is 10.00. The fourth-order valence-electron chi connectivity index (χ4n) is 2.91. The first-order chi connectivity index (χ1) is 10.6. The second kappa shape index (κ2) is 6.05. The number of nitrogens with two attached hydrogens (primary N) is 2. The number of nitrogens with zero attached hydrogens (tertiary/aromatic N) is 1. The number of nitrogen functional groups attached to an aromatic ring is 2. The van der Waals surface area contributed by atoms with Crippen LogP contribution in [0.15, 0.2) is 36.7 Å². The molecule has 2 aromatic rings. The Hall–Kier alpha value is -2.56. The summed E-state index contributed by atoms with van der Waals surface area (Å²) < 4.78 is 5.96. The lowest BCUT2D eigenvalue weighted by Crippen LogP contribution is -2.15. The average molecular weight is 296 g/mol. The van der Waals surface area contributed by atoms with Crippen molar-refractivity contribution in [1.29, 1.82) is 5.41 Å². The molecule has 0 radical (unpaired) electrons. The van der Waals surface area contributed by atoms with Crippen LogP contribution in [0.1, 0.15) is 31.2 Å². The molecule has 5 N–H and O–H groups in total. The summed E-state index contributed by atoms with van der Waals surface area (Å²) in [5.41, 5.74) is 14.2. The molecule has 0 amide bonds. The van der Waals surface area contributed by atoms with Gasteiger partial charge in [-0.3, -0.25) is 10.4 Å². The normalized spacial score (nSPS) is 14.9. The van der Waals surface area contributed by atoms with Crippen molar-refractivity contribution in [3.05, 3.63) is 42.2 Å². The average Bonchev–Trinajstić information content (AvgIpc) is 3.00. The monoisotopic (exact) mass is 296 g/mol. The third-order valence-electron chi connectivity index (χ3n) is 4.01. The summed E-state index contributed by atoms with van der Waals surface area (Å²) in [6.07, 6.45) is 8.30. The minimum Gasteiger partial charge on any atom is -0.490 e. The molecule has 3 rings (SSSR count). The molecular weight excluding hydrogens is 276 g/mol. The molecule has 1 aromatic carbocycles. The molecular formula is C17H20N4O. The van der Waals surface area contributed by atoms with E-state index >= 15 is 0 Å². The van der Waals surface area contributed by atoms with Crippen LogP contribution in [0.25, 0.3) is 11.1 Å². The van der Waals surface area contributed by atoms with Crippen molar-refractivity contribution >= 4 is 11.5 Å². The van der Waals surface area contributed by atoms with E-state index in [2.05, 4.69) is 4.98 Å². The van der Waals surface area contributed by atoms with E-state index in [0.29, 0.717) is 17.4 Å². The number of rotatable bonds is 4. The van der Waals surface area contributed by atoms with E-state index in [1.807, 2.05) is 24.3 Å². The third kappa shape index (κ3) is 2.88. The maximum Gasteiger partial charge on any atom is 0.125 e. The van der Waals surface area contributed by atoms with Gasteiger partial charge < -0.3 is 16.2 Å². The zero-order chi connectivity index (χ0) is 15.5. The molecule has 0 saturated heterocycles. The first-order valence-corrected chi connectivity index (χ1v) is 7.50. The van der Waals surface area contributed by atoms with Crippen molar-refractivity contribution in [2.45, 2.75) is 31.8 Å². The highest BCUT2D eigenvalue weighted by Gasteiger charge is 2.17. The molecule has 1 aromatic heterocycles. The van der Waals surface area contributed by atoms with E-state index in [0.717, 1.165) is 29.7 Å². The van der Waals surface area contributed by atoms with Gasteiger partial charge in [-0.2, -0.15) is 0 Å². The van der Waals surface area contributed by atoms with Gasteiger partial charge in [0, 0.05) is 17.3 Å². The van der Waals surface area contributed by atoms with E-state index in [1.54, 1.807) is 6.20 Å². The Morgan fingerprint density at radius 1 is 1.14 bits per heavy atom. The van der Waals surface area contributed by atoms with Gasteiger partial charge >= 0.3 is 0 Å². The molecule has 22 heavy (non-hydrogen) atoms.